The molecule has 2 aromatic rings. The van der Waals surface area contributed by atoms with Crippen molar-refractivity contribution in [1.82, 2.24) is 9.13 Å². The molecule has 0 aliphatic carbocycles. The van der Waals surface area contributed by atoms with Gasteiger partial charge in [-0.3, -0.25) is 18.7 Å². The van der Waals surface area contributed by atoms with E-state index >= 15 is 0 Å². The first-order chi connectivity index (χ1) is 12.3. The first-order valence-corrected chi connectivity index (χ1v) is 8.07. The molecular formula is C17H20N4O5. The van der Waals surface area contributed by atoms with E-state index < -0.39 is 23.1 Å². The zero-order chi connectivity index (χ0) is 19.0. The Kier molecular flexibility index (Phi) is 4.45. The number of anilines is 2. The molecule has 0 amide bonds. The highest BCUT2D eigenvalue weighted by molar-refractivity contribution is 6.04. The van der Waals surface area contributed by atoms with Crippen molar-refractivity contribution in [1.29, 1.82) is 0 Å². The highest BCUT2D eigenvalue weighted by atomic mass is 16.6. The number of nitrogens with two attached hydrogens (primary N) is 1. The Balaban J connectivity index is 1.90. The molecule has 9 heteroatoms. The largest absolute Gasteiger partial charge is 0.486 e. The van der Waals surface area contributed by atoms with E-state index in [9.17, 15) is 14.4 Å². The summed E-state index contributed by atoms with van der Waals surface area (Å²) in [5.74, 6) is 0.558. The fourth-order valence-corrected chi connectivity index (χ4v) is 2.76. The summed E-state index contributed by atoms with van der Waals surface area (Å²) < 4.78 is 12.9. The number of rotatable bonds is 4. The van der Waals surface area contributed by atoms with Crippen LogP contribution in [0, 0.1) is 0 Å². The Morgan fingerprint density at radius 1 is 1.15 bits per heavy atom. The van der Waals surface area contributed by atoms with Gasteiger partial charge in [-0.15, -0.1) is 0 Å². The number of ketones is 1. The summed E-state index contributed by atoms with van der Waals surface area (Å²) in [6.45, 7) is 2.56. The number of nitrogen functional groups attached to an aromatic ring is 1. The molecule has 1 aliphatic heterocycles. The maximum absolute atomic E-state index is 12.8. The molecule has 0 saturated carbocycles. The Morgan fingerprint density at radius 2 is 1.81 bits per heavy atom. The zero-order valence-corrected chi connectivity index (χ0v) is 14.7. The van der Waals surface area contributed by atoms with Crippen molar-refractivity contribution in [2.75, 3.05) is 24.3 Å². The van der Waals surface area contributed by atoms with Crippen LogP contribution in [0.15, 0.2) is 27.8 Å². The quantitative estimate of drug-likeness (QED) is 0.744. The summed E-state index contributed by atoms with van der Waals surface area (Å²) in [6, 6.07) is 4.47. The molecule has 3 rings (SSSR count). The molecule has 0 bridgehead atoms. The number of benzene rings is 1. The van der Waals surface area contributed by atoms with Crippen molar-refractivity contribution >= 4 is 17.3 Å². The van der Waals surface area contributed by atoms with Gasteiger partial charge in [-0.05, 0) is 19.1 Å². The second-order valence-corrected chi connectivity index (χ2v) is 6.05. The lowest BCUT2D eigenvalue weighted by Gasteiger charge is -2.21. The van der Waals surface area contributed by atoms with Gasteiger partial charge in [-0.2, -0.15) is 0 Å². The maximum Gasteiger partial charge on any atom is 0.332 e. The van der Waals surface area contributed by atoms with Crippen molar-refractivity contribution in [3.05, 3.63) is 44.6 Å². The third kappa shape index (κ3) is 2.92. The first kappa shape index (κ1) is 17.6. The summed E-state index contributed by atoms with van der Waals surface area (Å²) in [5.41, 5.74) is 4.96. The molecule has 0 saturated heterocycles. The van der Waals surface area contributed by atoms with E-state index in [4.69, 9.17) is 15.2 Å². The van der Waals surface area contributed by atoms with Gasteiger partial charge in [0.2, 0.25) is 0 Å². The van der Waals surface area contributed by atoms with E-state index in [1.54, 1.807) is 25.1 Å². The maximum atomic E-state index is 12.8. The van der Waals surface area contributed by atoms with Crippen LogP contribution in [-0.2, 0) is 14.1 Å². The molecule has 0 spiro atoms. The number of hydrogen-bond acceptors (Lipinski definition) is 7. The highest BCUT2D eigenvalue weighted by Gasteiger charge is 2.25. The monoisotopic (exact) mass is 360 g/mol. The second-order valence-electron chi connectivity index (χ2n) is 6.05. The average molecular weight is 360 g/mol. The van der Waals surface area contributed by atoms with Gasteiger partial charge >= 0.3 is 5.69 Å². The second kappa shape index (κ2) is 6.58. The van der Waals surface area contributed by atoms with Crippen molar-refractivity contribution in [2.24, 2.45) is 14.1 Å². The van der Waals surface area contributed by atoms with Crippen LogP contribution in [0.25, 0.3) is 0 Å². The molecule has 0 fully saturated rings. The third-order valence-electron chi connectivity index (χ3n) is 4.27. The van der Waals surface area contributed by atoms with Gasteiger partial charge < -0.3 is 20.5 Å². The van der Waals surface area contributed by atoms with Gasteiger partial charge in [0.15, 0.2) is 17.3 Å². The van der Waals surface area contributed by atoms with Crippen LogP contribution in [0.1, 0.15) is 17.3 Å². The number of Topliss-reactive ketones (excluding diaryl/α,β-unsaturated/α-hetero) is 1. The van der Waals surface area contributed by atoms with Crippen molar-refractivity contribution in [3.63, 3.8) is 0 Å². The molecule has 2 heterocycles. The summed E-state index contributed by atoms with van der Waals surface area (Å²) in [7, 11) is 2.71. The molecule has 1 aromatic heterocycles. The van der Waals surface area contributed by atoms with Crippen LogP contribution in [0.2, 0.25) is 0 Å². The standard InChI is InChI=1S/C17H20N4O5/c1-9(19-10-4-5-11-12(8-10)26-7-6-25-11)14(22)13-15(18)20(2)17(24)21(3)16(13)23/h4-5,8-9,19H,6-7,18H2,1-3H3. The van der Waals surface area contributed by atoms with E-state index in [0.29, 0.717) is 30.4 Å². The lowest BCUT2D eigenvalue weighted by atomic mass is 10.1. The van der Waals surface area contributed by atoms with E-state index in [1.807, 2.05) is 0 Å². The van der Waals surface area contributed by atoms with Crippen LogP contribution in [0.5, 0.6) is 11.5 Å². The van der Waals surface area contributed by atoms with Crippen molar-refractivity contribution < 1.29 is 14.3 Å². The Morgan fingerprint density at radius 3 is 2.50 bits per heavy atom. The van der Waals surface area contributed by atoms with Crippen LogP contribution in [0.4, 0.5) is 11.5 Å². The molecule has 9 nitrogen and oxygen atoms in total. The zero-order valence-electron chi connectivity index (χ0n) is 14.7. The Bertz CT molecular complexity index is 992. The molecule has 1 aliphatic rings. The summed E-state index contributed by atoms with van der Waals surface area (Å²) in [6.07, 6.45) is 0. The number of nitrogens with zero attached hydrogens (tertiary/aromatic N) is 2. The Labute approximate surface area is 148 Å². The van der Waals surface area contributed by atoms with Gasteiger partial charge in [0.25, 0.3) is 5.56 Å². The van der Waals surface area contributed by atoms with Crippen LogP contribution in [-0.4, -0.2) is 34.2 Å². The minimum Gasteiger partial charge on any atom is -0.486 e. The van der Waals surface area contributed by atoms with Crippen molar-refractivity contribution in [3.8, 4) is 11.5 Å². The minimum atomic E-state index is -0.745. The summed E-state index contributed by atoms with van der Waals surface area (Å²) >= 11 is 0. The molecule has 0 radical (unpaired) electrons. The molecule has 26 heavy (non-hydrogen) atoms. The van der Waals surface area contributed by atoms with E-state index in [-0.39, 0.29) is 11.4 Å². The first-order valence-electron chi connectivity index (χ1n) is 8.07. The molecule has 1 unspecified atom stereocenters. The number of aromatic nitrogens is 2. The number of nitrogens with one attached hydrogen (secondary N) is 1. The molecule has 1 atom stereocenters. The molecule has 138 valence electrons. The van der Waals surface area contributed by atoms with E-state index in [2.05, 4.69) is 5.32 Å². The van der Waals surface area contributed by atoms with Crippen LogP contribution >= 0.6 is 0 Å². The average Bonchev–Trinajstić information content (AvgIpc) is 2.64. The van der Waals surface area contributed by atoms with Crippen LogP contribution in [0.3, 0.4) is 0 Å². The summed E-state index contributed by atoms with van der Waals surface area (Å²) in [5, 5.41) is 3.02. The van der Waals surface area contributed by atoms with Gasteiger partial charge in [0.1, 0.15) is 24.6 Å². The topological polar surface area (TPSA) is 118 Å². The number of carbonyl (C=O) groups is 1. The predicted molar refractivity (Wildman–Crippen MR) is 96.2 cm³/mol. The SMILES string of the molecule is CC(Nc1ccc2c(c1)OCCO2)C(=O)c1c(N)n(C)c(=O)n(C)c1=O. The molecular weight excluding hydrogens is 340 g/mol. The summed E-state index contributed by atoms with van der Waals surface area (Å²) in [4.78, 5) is 37.0. The number of ether oxygens (including phenoxy) is 2. The number of fused-ring (bicyclic) bond motifs is 1. The van der Waals surface area contributed by atoms with Gasteiger partial charge in [0, 0.05) is 25.8 Å². The third-order valence-corrected chi connectivity index (χ3v) is 4.27. The van der Waals surface area contributed by atoms with Gasteiger partial charge in [-0.25, -0.2) is 4.79 Å². The number of hydrogen-bond donors (Lipinski definition) is 2. The van der Waals surface area contributed by atoms with Gasteiger partial charge in [-0.1, -0.05) is 0 Å². The molecule has 1 aromatic carbocycles. The number of carbonyl (C=O) groups excluding carboxylic acids is 1. The lowest BCUT2D eigenvalue weighted by molar-refractivity contribution is 0.0973. The van der Waals surface area contributed by atoms with Crippen LogP contribution < -0.4 is 31.8 Å². The predicted octanol–water partition coefficient (Wildman–Crippen LogP) is 0.121. The Hall–Kier alpha value is -3.23. The van der Waals surface area contributed by atoms with E-state index in [0.717, 1.165) is 9.13 Å². The smallest absolute Gasteiger partial charge is 0.332 e. The fraction of sp³-hybridized carbons (Fsp3) is 0.353. The van der Waals surface area contributed by atoms with Crippen molar-refractivity contribution in [2.45, 2.75) is 13.0 Å². The fourth-order valence-electron chi connectivity index (χ4n) is 2.76. The molecule has 3 N–H and O–H groups in total. The van der Waals surface area contributed by atoms with E-state index in [1.165, 1.54) is 14.1 Å². The minimum absolute atomic E-state index is 0.154. The lowest BCUT2D eigenvalue weighted by Crippen LogP contribution is -2.43. The normalized spacial score (nSPS) is 14.0. The van der Waals surface area contributed by atoms with Gasteiger partial charge in [0.05, 0.1) is 6.04 Å². The highest BCUT2D eigenvalue weighted by Crippen LogP contribution is 2.32.